The SMILES string of the molecule is C=CCCCC(=O)C(O)CCC=C. The van der Waals surface area contributed by atoms with Crippen molar-refractivity contribution in [1.29, 1.82) is 0 Å². The highest BCUT2D eigenvalue weighted by Crippen LogP contribution is 2.05. The number of ketones is 1. The van der Waals surface area contributed by atoms with Crippen LogP contribution in [0.3, 0.4) is 0 Å². The summed E-state index contributed by atoms with van der Waals surface area (Å²) in [5, 5.41) is 9.32. The number of hydrogen-bond acceptors (Lipinski definition) is 2. The molecule has 0 aromatic heterocycles. The molecule has 0 heterocycles. The zero-order valence-electron chi connectivity index (χ0n) is 8.04. The normalized spacial score (nSPS) is 12.1. The number of aliphatic hydroxyl groups excluding tert-OH is 1. The van der Waals surface area contributed by atoms with Gasteiger partial charge >= 0.3 is 0 Å². The molecule has 0 rings (SSSR count). The summed E-state index contributed by atoms with van der Waals surface area (Å²) in [6.07, 6.45) is 5.94. The molecule has 0 fully saturated rings. The van der Waals surface area contributed by atoms with Crippen LogP contribution in [0, 0.1) is 0 Å². The van der Waals surface area contributed by atoms with E-state index in [0.717, 1.165) is 12.8 Å². The zero-order valence-corrected chi connectivity index (χ0v) is 8.04. The smallest absolute Gasteiger partial charge is 0.161 e. The first-order valence-electron chi connectivity index (χ1n) is 4.65. The van der Waals surface area contributed by atoms with Gasteiger partial charge in [0.2, 0.25) is 0 Å². The second kappa shape index (κ2) is 7.74. The minimum absolute atomic E-state index is 0.0660. The Morgan fingerprint density at radius 1 is 1.31 bits per heavy atom. The number of aliphatic hydroxyl groups is 1. The zero-order chi connectivity index (χ0) is 10.1. The highest BCUT2D eigenvalue weighted by Gasteiger charge is 2.12. The molecule has 0 aliphatic rings. The van der Waals surface area contributed by atoms with Crippen LogP contribution in [0.25, 0.3) is 0 Å². The van der Waals surface area contributed by atoms with Crippen LogP contribution < -0.4 is 0 Å². The number of Topliss-reactive ketones (excluding diaryl/α,β-unsaturated/α-hetero) is 1. The monoisotopic (exact) mass is 182 g/mol. The maximum Gasteiger partial charge on any atom is 0.161 e. The van der Waals surface area contributed by atoms with Gasteiger partial charge < -0.3 is 5.11 Å². The van der Waals surface area contributed by atoms with E-state index in [-0.39, 0.29) is 5.78 Å². The van der Waals surface area contributed by atoms with Gasteiger partial charge in [0.15, 0.2) is 5.78 Å². The summed E-state index contributed by atoms with van der Waals surface area (Å²) in [6, 6.07) is 0. The first-order valence-corrected chi connectivity index (χ1v) is 4.65. The summed E-state index contributed by atoms with van der Waals surface area (Å²) in [6.45, 7) is 7.10. The van der Waals surface area contributed by atoms with Crippen LogP contribution in [0.5, 0.6) is 0 Å². The first-order chi connectivity index (χ1) is 6.22. The third-order valence-corrected chi connectivity index (χ3v) is 1.85. The van der Waals surface area contributed by atoms with Gasteiger partial charge in [0.05, 0.1) is 0 Å². The molecule has 0 aromatic carbocycles. The molecule has 1 atom stereocenters. The van der Waals surface area contributed by atoms with E-state index in [9.17, 15) is 9.90 Å². The van der Waals surface area contributed by atoms with Gasteiger partial charge in [-0.1, -0.05) is 12.2 Å². The molecule has 74 valence electrons. The van der Waals surface area contributed by atoms with Crippen LogP contribution in [0.2, 0.25) is 0 Å². The van der Waals surface area contributed by atoms with Gasteiger partial charge in [0, 0.05) is 6.42 Å². The summed E-state index contributed by atoms with van der Waals surface area (Å²) in [5.41, 5.74) is 0. The minimum Gasteiger partial charge on any atom is -0.385 e. The Hall–Kier alpha value is -0.890. The molecule has 0 amide bonds. The Labute approximate surface area is 80.0 Å². The highest BCUT2D eigenvalue weighted by atomic mass is 16.3. The average Bonchev–Trinajstić information content (AvgIpc) is 2.14. The van der Waals surface area contributed by atoms with Crippen molar-refractivity contribution in [3.8, 4) is 0 Å². The van der Waals surface area contributed by atoms with E-state index in [1.54, 1.807) is 12.2 Å². The first kappa shape index (κ1) is 12.1. The van der Waals surface area contributed by atoms with Crippen molar-refractivity contribution in [2.24, 2.45) is 0 Å². The Balaban J connectivity index is 3.55. The van der Waals surface area contributed by atoms with Crippen LogP contribution in [0.1, 0.15) is 32.1 Å². The highest BCUT2D eigenvalue weighted by molar-refractivity contribution is 5.82. The summed E-state index contributed by atoms with van der Waals surface area (Å²) in [4.78, 5) is 11.2. The Morgan fingerprint density at radius 2 is 1.92 bits per heavy atom. The van der Waals surface area contributed by atoms with Crippen molar-refractivity contribution in [1.82, 2.24) is 0 Å². The molecule has 0 aliphatic carbocycles. The van der Waals surface area contributed by atoms with E-state index in [4.69, 9.17) is 0 Å². The van der Waals surface area contributed by atoms with Crippen molar-refractivity contribution < 1.29 is 9.90 Å². The molecule has 2 nitrogen and oxygen atoms in total. The lowest BCUT2D eigenvalue weighted by Crippen LogP contribution is -2.19. The van der Waals surface area contributed by atoms with Gasteiger partial charge in [-0.2, -0.15) is 0 Å². The predicted molar refractivity (Wildman–Crippen MR) is 54.5 cm³/mol. The standard InChI is InChI=1S/C11H18O2/c1-3-5-7-9-11(13)10(12)8-6-4-2/h3-4,10,12H,1-2,5-9H2. The van der Waals surface area contributed by atoms with Crippen molar-refractivity contribution >= 4 is 5.78 Å². The summed E-state index contributed by atoms with van der Waals surface area (Å²) in [5.74, 6) is -0.0660. The number of carbonyl (C=O) groups excluding carboxylic acids is 1. The lowest BCUT2D eigenvalue weighted by Gasteiger charge is -2.06. The van der Waals surface area contributed by atoms with E-state index in [1.807, 2.05) is 0 Å². The fourth-order valence-electron chi connectivity index (χ4n) is 1.02. The molecule has 13 heavy (non-hydrogen) atoms. The minimum atomic E-state index is -0.803. The number of carbonyl (C=O) groups is 1. The second-order valence-electron chi connectivity index (χ2n) is 3.03. The van der Waals surface area contributed by atoms with Gasteiger partial charge in [-0.05, 0) is 25.7 Å². The summed E-state index contributed by atoms with van der Waals surface area (Å²) >= 11 is 0. The van der Waals surface area contributed by atoms with Crippen molar-refractivity contribution in [2.45, 2.75) is 38.2 Å². The molecule has 0 aliphatic heterocycles. The maximum absolute atomic E-state index is 11.2. The van der Waals surface area contributed by atoms with Crippen molar-refractivity contribution in [2.75, 3.05) is 0 Å². The number of unbranched alkanes of at least 4 members (excludes halogenated alkanes) is 1. The number of rotatable bonds is 8. The molecule has 1 N–H and O–H groups in total. The lowest BCUT2D eigenvalue weighted by atomic mass is 10.0. The van der Waals surface area contributed by atoms with Crippen LogP contribution in [-0.4, -0.2) is 17.0 Å². The van der Waals surface area contributed by atoms with E-state index < -0.39 is 6.10 Å². The van der Waals surface area contributed by atoms with E-state index in [0.29, 0.717) is 19.3 Å². The molecule has 0 saturated heterocycles. The predicted octanol–water partition coefficient (Wildman–Crippen LogP) is 2.24. The van der Waals surface area contributed by atoms with Crippen molar-refractivity contribution in [3.05, 3.63) is 25.3 Å². The molecule has 0 spiro atoms. The van der Waals surface area contributed by atoms with Gasteiger partial charge in [-0.3, -0.25) is 4.79 Å². The topological polar surface area (TPSA) is 37.3 Å². The molecule has 0 radical (unpaired) electrons. The van der Waals surface area contributed by atoms with Crippen LogP contribution in [-0.2, 0) is 4.79 Å². The average molecular weight is 182 g/mol. The van der Waals surface area contributed by atoms with Crippen molar-refractivity contribution in [3.63, 3.8) is 0 Å². The van der Waals surface area contributed by atoms with Gasteiger partial charge in [0.25, 0.3) is 0 Å². The van der Waals surface area contributed by atoms with E-state index >= 15 is 0 Å². The molecular weight excluding hydrogens is 164 g/mol. The third-order valence-electron chi connectivity index (χ3n) is 1.85. The molecule has 2 heteroatoms. The third kappa shape index (κ3) is 6.29. The Bertz CT molecular complexity index is 173. The number of allylic oxidation sites excluding steroid dienone is 2. The van der Waals surface area contributed by atoms with Gasteiger partial charge in [-0.15, -0.1) is 13.2 Å². The van der Waals surface area contributed by atoms with Crippen LogP contribution in [0.15, 0.2) is 25.3 Å². The molecule has 1 unspecified atom stereocenters. The quantitative estimate of drug-likeness (QED) is 0.461. The molecule has 0 saturated carbocycles. The van der Waals surface area contributed by atoms with Crippen LogP contribution >= 0.6 is 0 Å². The second-order valence-corrected chi connectivity index (χ2v) is 3.03. The Kier molecular flexibility index (Phi) is 7.21. The molecule has 0 bridgehead atoms. The van der Waals surface area contributed by atoms with Gasteiger partial charge in [-0.25, -0.2) is 0 Å². The Morgan fingerprint density at radius 3 is 2.46 bits per heavy atom. The van der Waals surface area contributed by atoms with E-state index in [2.05, 4.69) is 13.2 Å². The van der Waals surface area contributed by atoms with Crippen LogP contribution in [0.4, 0.5) is 0 Å². The summed E-state index contributed by atoms with van der Waals surface area (Å²) < 4.78 is 0. The molecular formula is C11H18O2. The number of hydrogen-bond donors (Lipinski definition) is 1. The van der Waals surface area contributed by atoms with Gasteiger partial charge in [0.1, 0.15) is 6.10 Å². The summed E-state index contributed by atoms with van der Waals surface area (Å²) in [7, 11) is 0. The fourth-order valence-corrected chi connectivity index (χ4v) is 1.02. The maximum atomic E-state index is 11.2. The fraction of sp³-hybridized carbons (Fsp3) is 0.545. The molecule has 0 aromatic rings. The largest absolute Gasteiger partial charge is 0.385 e. The lowest BCUT2D eigenvalue weighted by molar-refractivity contribution is -0.127. The van der Waals surface area contributed by atoms with E-state index in [1.165, 1.54) is 0 Å².